The molecule has 0 radical (unpaired) electrons. The van der Waals surface area contributed by atoms with Crippen LogP contribution in [0.3, 0.4) is 0 Å². The van der Waals surface area contributed by atoms with E-state index in [0.29, 0.717) is 12.6 Å². The van der Waals surface area contributed by atoms with Gasteiger partial charge in [0.25, 0.3) is 0 Å². The van der Waals surface area contributed by atoms with Crippen LogP contribution in [0.15, 0.2) is 0 Å². The van der Waals surface area contributed by atoms with Crippen LogP contribution in [0.1, 0.15) is 64.2 Å². The number of hydrogen-bond donors (Lipinski definition) is 1. The lowest BCUT2D eigenvalue weighted by atomic mass is 10.1. The fourth-order valence-electron chi connectivity index (χ4n) is 3.33. The topological polar surface area (TPSA) is 41.6 Å². The molecule has 1 unspecified atom stereocenters. The van der Waals surface area contributed by atoms with Gasteiger partial charge in [-0.25, -0.2) is 0 Å². The van der Waals surface area contributed by atoms with Crippen molar-refractivity contribution in [3.8, 4) is 0 Å². The maximum absolute atomic E-state index is 12.0. The van der Waals surface area contributed by atoms with E-state index in [9.17, 15) is 4.79 Å². The standard InChI is InChI=1S/C17H32N2O2/c20-17(15-19-12-6-2-1-3-7-13-19)18-11-5-4-9-16-10-8-14-21-16/h16H,1-15H2,(H,18,20). The Bertz CT molecular complexity index is 283. The summed E-state index contributed by atoms with van der Waals surface area (Å²) in [6, 6.07) is 0. The molecule has 2 fully saturated rings. The average molecular weight is 296 g/mol. The molecular weight excluding hydrogens is 264 g/mol. The van der Waals surface area contributed by atoms with Crippen molar-refractivity contribution in [2.45, 2.75) is 70.3 Å². The molecule has 0 aromatic rings. The lowest BCUT2D eigenvalue weighted by molar-refractivity contribution is -0.122. The number of ether oxygens (including phenoxy) is 1. The van der Waals surface area contributed by atoms with Crippen molar-refractivity contribution >= 4 is 5.91 Å². The lowest BCUT2D eigenvalue weighted by Crippen LogP contribution is -2.39. The van der Waals surface area contributed by atoms with Gasteiger partial charge < -0.3 is 10.1 Å². The Morgan fingerprint density at radius 2 is 1.81 bits per heavy atom. The van der Waals surface area contributed by atoms with Crippen molar-refractivity contribution in [1.82, 2.24) is 10.2 Å². The molecule has 2 aliphatic heterocycles. The summed E-state index contributed by atoms with van der Waals surface area (Å²) in [6.07, 6.45) is 12.8. The quantitative estimate of drug-likeness (QED) is 0.735. The first-order valence-electron chi connectivity index (χ1n) is 8.95. The van der Waals surface area contributed by atoms with E-state index in [-0.39, 0.29) is 5.91 Å². The Morgan fingerprint density at radius 3 is 2.52 bits per heavy atom. The molecule has 4 heteroatoms. The van der Waals surface area contributed by atoms with Crippen LogP contribution in [-0.2, 0) is 9.53 Å². The van der Waals surface area contributed by atoms with Gasteiger partial charge in [-0.15, -0.1) is 0 Å². The number of carbonyl (C=O) groups is 1. The van der Waals surface area contributed by atoms with Gasteiger partial charge in [0, 0.05) is 13.2 Å². The van der Waals surface area contributed by atoms with Gasteiger partial charge in [0.15, 0.2) is 0 Å². The number of unbranched alkanes of at least 4 members (excludes halogenated alkanes) is 1. The van der Waals surface area contributed by atoms with E-state index in [1.165, 1.54) is 44.9 Å². The Hall–Kier alpha value is -0.610. The Balaban J connectivity index is 1.48. The van der Waals surface area contributed by atoms with Crippen LogP contribution in [-0.4, -0.2) is 49.7 Å². The summed E-state index contributed by atoms with van der Waals surface area (Å²) >= 11 is 0. The zero-order valence-corrected chi connectivity index (χ0v) is 13.4. The Morgan fingerprint density at radius 1 is 1.05 bits per heavy atom. The first-order chi connectivity index (χ1) is 10.3. The van der Waals surface area contributed by atoms with Gasteiger partial charge in [0.05, 0.1) is 12.6 Å². The van der Waals surface area contributed by atoms with E-state index < -0.39 is 0 Å². The Labute approximate surface area is 129 Å². The maximum Gasteiger partial charge on any atom is 0.234 e. The summed E-state index contributed by atoms with van der Waals surface area (Å²) in [5, 5.41) is 3.07. The molecule has 0 saturated carbocycles. The predicted octanol–water partition coefficient (Wildman–Crippen LogP) is 2.72. The second kappa shape index (κ2) is 10.2. The highest BCUT2D eigenvalue weighted by Crippen LogP contribution is 2.17. The van der Waals surface area contributed by atoms with E-state index in [2.05, 4.69) is 10.2 Å². The van der Waals surface area contributed by atoms with Crippen molar-refractivity contribution in [3.05, 3.63) is 0 Å². The molecule has 1 N–H and O–H groups in total. The molecule has 2 saturated heterocycles. The molecule has 0 aliphatic carbocycles. The van der Waals surface area contributed by atoms with Crippen LogP contribution in [0.2, 0.25) is 0 Å². The first kappa shape index (κ1) is 16.8. The third kappa shape index (κ3) is 7.28. The maximum atomic E-state index is 12.0. The third-order valence-electron chi connectivity index (χ3n) is 4.61. The van der Waals surface area contributed by atoms with Gasteiger partial charge in [0.1, 0.15) is 0 Å². The molecule has 0 aromatic heterocycles. The summed E-state index contributed by atoms with van der Waals surface area (Å²) in [7, 11) is 0. The van der Waals surface area contributed by atoms with E-state index in [4.69, 9.17) is 4.74 Å². The van der Waals surface area contributed by atoms with E-state index >= 15 is 0 Å². The Kier molecular flexibility index (Phi) is 8.12. The zero-order valence-electron chi connectivity index (χ0n) is 13.4. The van der Waals surface area contributed by atoms with Crippen LogP contribution in [0.25, 0.3) is 0 Å². The molecule has 0 spiro atoms. The minimum atomic E-state index is 0.202. The van der Waals surface area contributed by atoms with Crippen LogP contribution in [0, 0.1) is 0 Å². The van der Waals surface area contributed by atoms with Gasteiger partial charge in [0.2, 0.25) is 5.91 Å². The van der Waals surface area contributed by atoms with Gasteiger partial charge >= 0.3 is 0 Å². The lowest BCUT2D eigenvalue weighted by Gasteiger charge is -2.23. The molecule has 1 atom stereocenters. The SMILES string of the molecule is O=C(CN1CCCCCCC1)NCCCCC1CCCO1. The summed E-state index contributed by atoms with van der Waals surface area (Å²) in [5.74, 6) is 0.202. The van der Waals surface area contributed by atoms with E-state index in [1.807, 2.05) is 0 Å². The molecule has 21 heavy (non-hydrogen) atoms. The number of amides is 1. The summed E-state index contributed by atoms with van der Waals surface area (Å²) < 4.78 is 5.61. The third-order valence-corrected chi connectivity index (χ3v) is 4.61. The highest BCUT2D eigenvalue weighted by molar-refractivity contribution is 5.77. The molecular formula is C17H32N2O2. The fraction of sp³-hybridized carbons (Fsp3) is 0.941. The molecule has 0 aromatic carbocycles. The molecule has 0 bridgehead atoms. The zero-order chi connectivity index (χ0) is 14.8. The average Bonchev–Trinajstić information content (AvgIpc) is 2.94. The van der Waals surface area contributed by atoms with Crippen molar-refractivity contribution < 1.29 is 9.53 Å². The minimum Gasteiger partial charge on any atom is -0.378 e. The van der Waals surface area contributed by atoms with Gasteiger partial charge in [-0.3, -0.25) is 9.69 Å². The molecule has 2 rings (SSSR count). The summed E-state index contributed by atoms with van der Waals surface area (Å²) in [4.78, 5) is 14.3. The van der Waals surface area contributed by atoms with Crippen LogP contribution in [0.4, 0.5) is 0 Å². The van der Waals surface area contributed by atoms with Crippen LogP contribution >= 0.6 is 0 Å². The van der Waals surface area contributed by atoms with E-state index in [0.717, 1.165) is 45.5 Å². The number of carbonyl (C=O) groups excluding carboxylic acids is 1. The monoisotopic (exact) mass is 296 g/mol. The number of hydrogen-bond acceptors (Lipinski definition) is 3. The normalized spacial score (nSPS) is 24.5. The second-order valence-electron chi connectivity index (χ2n) is 6.52. The summed E-state index contributed by atoms with van der Waals surface area (Å²) in [6.45, 7) is 4.53. The predicted molar refractivity (Wildman–Crippen MR) is 85.4 cm³/mol. The smallest absolute Gasteiger partial charge is 0.234 e. The highest BCUT2D eigenvalue weighted by atomic mass is 16.5. The van der Waals surface area contributed by atoms with Crippen LogP contribution < -0.4 is 5.32 Å². The number of likely N-dealkylation sites (tertiary alicyclic amines) is 1. The van der Waals surface area contributed by atoms with E-state index in [1.54, 1.807) is 0 Å². The number of rotatable bonds is 7. The largest absolute Gasteiger partial charge is 0.378 e. The van der Waals surface area contributed by atoms with Crippen LogP contribution in [0.5, 0.6) is 0 Å². The number of nitrogens with zero attached hydrogens (tertiary/aromatic N) is 1. The van der Waals surface area contributed by atoms with Gasteiger partial charge in [-0.2, -0.15) is 0 Å². The number of nitrogens with one attached hydrogen (secondary N) is 1. The fourth-order valence-corrected chi connectivity index (χ4v) is 3.33. The first-order valence-corrected chi connectivity index (χ1v) is 8.95. The molecule has 122 valence electrons. The van der Waals surface area contributed by atoms with Gasteiger partial charge in [-0.1, -0.05) is 19.3 Å². The highest BCUT2D eigenvalue weighted by Gasteiger charge is 2.15. The molecule has 2 heterocycles. The van der Waals surface area contributed by atoms with Gasteiger partial charge in [-0.05, 0) is 58.0 Å². The van der Waals surface area contributed by atoms with Crippen molar-refractivity contribution in [2.75, 3.05) is 32.8 Å². The minimum absolute atomic E-state index is 0.202. The second-order valence-corrected chi connectivity index (χ2v) is 6.52. The van der Waals surface area contributed by atoms with Crippen molar-refractivity contribution in [1.29, 1.82) is 0 Å². The molecule has 2 aliphatic rings. The molecule has 1 amide bonds. The van der Waals surface area contributed by atoms with Crippen molar-refractivity contribution in [3.63, 3.8) is 0 Å². The van der Waals surface area contributed by atoms with Crippen molar-refractivity contribution in [2.24, 2.45) is 0 Å². The molecule has 4 nitrogen and oxygen atoms in total. The summed E-state index contributed by atoms with van der Waals surface area (Å²) in [5.41, 5.74) is 0.